The van der Waals surface area contributed by atoms with E-state index in [-0.39, 0.29) is 34.8 Å². The van der Waals surface area contributed by atoms with Gasteiger partial charge >= 0.3 is 0 Å². The number of rotatable bonds is 5. The lowest BCUT2D eigenvalue weighted by atomic mass is 10.1. The Morgan fingerprint density at radius 3 is 2.88 bits per heavy atom. The van der Waals surface area contributed by atoms with Gasteiger partial charge in [0, 0.05) is 12.1 Å². The van der Waals surface area contributed by atoms with Crippen LogP contribution in [0.5, 0.6) is 0 Å². The molecule has 1 aliphatic heterocycles. The van der Waals surface area contributed by atoms with Crippen LogP contribution in [0, 0.1) is 18.3 Å². The van der Waals surface area contributed by atoms with Gasteiger partial charge < -0.3 is 5.32 Å². The van der Waals surface area contributed by atoms with Crippen LogP contribution in [0.25, 0.3) is 6.08 Å². The fraction of sp³-hybridized carbons (Fsp3) is 0.400. The summed E-state index contributed by atoms with van der Waals surface area (Å²) < 4.78 is 24.7. The quantitative estimate of drug-likeness (QED) is 0.480. The second-order valence-electron chi connectivity index (χ2n) is 5.46. The summed E-state index contributed by atoms with van der Waals surface area (Å²) in [7, 11) is -3.08. The Bertz CT molecular complexity index is 849. The molecule has 0 saturated carbocycles. The van der Waals surface area contributed by atoms with E-state index in [1.54, 1.807) is 6.92 Å². The first-order chi connectivity index (χ1) is 11.3. The van der Waals surface area contributed by atoms with Crippen LogP contribution in [0.4, 0.5) is 0 Å². The molecule has 1 aromatic rings. The Morgan fingerprint density at radius 1 is 1.62 bits per heavy atom. The van der Waals surface area contributed by atoms with Crippen molar-refractivity contribution < 1.29 is 13.2 Å². The predicted octanol–water partition coefficient (Wildman–Crippen LogP) is 1.41. The molecule has 1 fully saturated rings. The van der Waals surface area contributed by atoms with Crippen molar-refractivity contribution in [1.29, 1.82) is 5.26 Å². The lowest BCUT2D eigenvalue weighted by Gasteiger charge is -2.09. The molecule has 1 saturated heterocycles. The second kappa shape index (κ2) is 7.20. The minimum absolute atomic E-state index is 0.0120. The maximum Gasteiger partial charge on any atom is 0.262 e. The van der Waals surface area contributed by atoms with Gasteiger partial charge in [-0.2, -0.15) is 10.4 Å². The molecule has 7 nitrogen and oxygen atoms in total. The summed E-state index contributed by atoms with van der Waals surface area (Å²) in [6.45, 7) is 5.42. The molecule has 0 spiro atoms. The first-order valence-corrected chi connectivity index (χ1v) is 9.45. The number of aryl methyl sites for hydroxylation is 1. The van der Waals surface area contributed by atoms with Crippen molar-refractivity contribution in [3.63, 3.8) is 0 Å². The predicted molar refractivity (Wildman–Crippen MR) is 91.1 cm³/mol. The fourth-order valence-electron chi connectivity index (χ4n) is 2.46. The number of nitrogens with one attached hydrogen (secondary N) is 1. The highest BCUT2D eigenvalue weighted by Crippen LogP contribution is 2.30. The minimum atomic E-state index is -3.08. The Balaban J connectivity index is 2.35. The number of carbonyl (C=O) groups excluding carboxylic acids is 1. The molecule has 1 amide bonds. The van der Waals surface area contributed by atoms with Crippen molar-refractivity contribution in [3.05, 3.63) is 34.6 Å². The van der Waals surface area contributed by atoms with Crippen molar-refractivity contribution in [1.82, 2.24) is 15.1 Å². The standard InChI is InChI=1S/C15H17ClN4O3S/c1-3-5-18-15(21)11(8-17)7-13-10(2)19-20(14(13)16)12-4-6-24(22,23)9-12/h3,7,12H,1,4-6,9H2,2H3,(H,18,21)/b11-7+/t12-/m0/s1. The number of nitrogens with zero attached hydrogens (tertiary/aromatic N) is 3. The third-order valence-corrected chi connectivity index (χ3v) is 5.81. The van der Waals surface area contributed by atoms with Crippen molar-refractivity contribution in [2.45, 2.75) is 19.4 Å². The number of sulfone groups is 1. The van der Waals surface area contributed by atoms with Crippen LogP contribution in [0.3, 0.4) is 0 Å². The lowest BCUT2D eigenvalue weighted by molar-refractivity contribution is -0.116. The van der Waals surface area contributed by atoms with Gasteiger partial charge in [0.25, 0.3) is 5.91 Å². The van der Waals surface area contributed by atoms with Crippen LogP contribution in [0.15, 0.2) is 18.2 Å². The van der Waals surface area contributed by atoms with Gasteiger partial charge in [0.2, 0.25) is 0 Å². The van der Waals surface area contributed by atoms with Crippen LogP contribution in [0.2, 0.25) is 5.15 Å². The Kier molecular flexibility index (Phi) is 5.47. The Labute approximate surface area is 145 Å². The number of halogens is 1. The zero-order valence-corrected chi connectivity index (χ0v) is 14.7. The highest BCUT2D eigenvalue weighted by atomic mass is 35.5. The maximum atomic E-state index is 11.9. The number of amides is 1. The Hall–Kier alpha value is -2.11. The zero-order valence-electron chi connectivity index (χ0n) is 13.1. The van der Waals surface area contributed by atoms with Crippen molar-refractivity contribution >= 4 is 33.4 Å². The molecule has 2 rings (SSSR count). The number of nitriles is 1. The molecule has 0 aromatic carbocycles. The van der Waals surface area contributed by atoms with E-state index in [1.165, 1.54) is 16.8 Å². The topological polar surface area (TPSA) is 105 Å². The average molecular weight is 369 g/mol. The average Bonchev–Trinajstić information content (AvgIpc) is 3.02. The highest BCUT2D eigenvalue weighted by Gasteiger charge is 2.32. The molecular formula is C15H17ClN4O3S. The van der Waals surface area contributed by atoms with Crippen molar-refractivity contribution in [2.24, 2.45) is 0 Å². The molecule has 128 valence electrons. The third kappa shape index (κ3) is 3.86. The lowest BCUT2D eigenvalue weighted by Crippen LogP contribution is -2.24. The van der Waals surface area contributed by atoms with E-state index in [4.69, 9.17) is 11.6 Å². The molecule has 0 unspecified atom stereocenters. The molecular weight excluding hydrogens is 352 g/mol. The number of carbonyl (C=O) groups is 1. The number of hydrogen-bond donors (Lipinski definition) is 1. The maximum absolute atomic E-state index is 11.9. The molecule has 1 aliphatic rings. The molecule has 1 atom stereocenters. The van der Waals surface area contributed by atoms with Gasteiger partial charge in [0.1, 0.15) is 16.8 Å². The second-order valence-corrected chi connectivity index (χ2v) is 8.05. The summed E-state index contributed by atoms with van der Waals surface area (Å²) in [4.78, 5) is 11.9. The van der Waals surface area contributed by atoms with Gasteiger partial charge in [-0.25, -0.2) is 13.1 Å². The van der Waals surface area contributed by atoms with E-state index in [0.717, 1.165) is 0 Å². The SMILES string of the molecule is C=CCNC(=O)/C(C#N)=C/c1c(C)nn([C@H]2CCS(=O)(=O)C2)c1Cl. The summed E-state index contributed by atoms with van der Waals surface area (Å²) in [6.07, 6.45) is 3.31. The van der Waals surface area contributed by atoms with Crippen LogP contribution < -0.4 is 5.32 Å². The zero-order chi connectivity index (χ0) is 17.9. The monoisotopic (exact) mass is 368 g/mol. The van der Waals surface area contributed by atoms with E-state index in [2.05, 4.69) is 17.0 Å². The molecule has 9 heteroatoms. The molecule has 24 heavy (non-hydrogen) atoms. The van der Waals surface area contributed by atoms with Crippen molar-refractivity contribution in [3.8, 4) is 6.07 Å². The largest absolute Gasteiger partial charge is 0.348 e. The van der Waals surface area contributed by atoms with E-state index in [0.29, 0.717) is 17.7 Å². The first kappa shape index (κ1) is 18.2. The minimum Gasteiger partial charge on any atom is -0.348 e. The van der Waals surface area contributed by atoms with Gasteiger partial charge in [0.05, 0.1) is 23.2 Å². The summed E-state index contributed by atoms with van der Waals surface area (Å²) >= 11 is 6.32. The van der Waals surface area contributed by atoms with Gasteiger partial charge in [-0.1, -0.05) is 17.7 Å². The Morgan fingerprint density at radius 2 is 2.33 bits per heavy atom. The van der Waals surface area contributed by atoms with Gasteiger partial charge in [-0.15, -0.1) is 6.58 Å². The molecule has 0 aliphatic carbocycles. The van der Waals surface area contributed by atoms with Gasteiger partial charge in [0.15, 0.2) is 9.84 Å². The molecule has 0 radical (unpaired) electrons. The summed E-state index contributed by atoms with van der Waals surface area (Å²) in [6, 6.07) is 1.50. The number of hydrogen-bond acceptors (Lipinski definition) is 5. The van der Waals surface area contributed by atoms with Crippen LogP contribution in [-0.4, -0.2) is 42.2 Å². The van der Waals surface area contributed by atoms with E-state index in [1.807, 2.05) is 6.07 Å². The van der Waals surface area contributed by atoms with E-state index >= 15 is 0 Å². The smallest absolute Gasteiger partial charge is 0.262 e. The summed E-state index contributed by atoms with van der Waals surface area (Å²) in [5, 5.41) is 16.2. The summed E-state index contributed by atoms with van der Waals surface area (Å²) in [5.41, 5.74) is 0.847. The third-order valence-electron chi connectivity index (χ3n) is 3.69. The van der Waals surface area contributed by atoms with Crippen LogP contribution in [-0.2, 0) is 14.6 Å². The van der Waals surface area contributed by atoms with E-state index in [9.17, 15) is 18.5 Å². The van der Waals surface area contributed by atoms with Crippen molar-refractivity contribution in [2.75, 3.05) is 18.1 Å². The summed E-state index contributed by atoms with van der Waals surface area (Å²) in [5.74, 6) is -0.447. The first-order valence-electron chi connectivity index (χ1n) is 7.25. The molecule has 0 bridgehead atoms. The van der Waals surface area contributed by atoms with Gasteiger partial charge in [-0.3, -0.25) is 4.79 Å². The highest BCUT2D eigenvalue weighted by molar-refractivity contribution is 7.91. The number of aromatic nitrogens is 2. The van der Waals surface area contributed by atoms with Gasteiger partial charge in [-0.05, 0) is 19.4 Å². The molecule has 2 heterocycles. The molecule has 1 aromatic heterocycles. The fourth-order valence-corrected chi connectivity index (χ4v) is 4.52. The van der Waals surface area contributed by atoms with E-state index < -0.39 is 15.7 Å². The molecule has 1 N–H and O–H groups in total. The van der Waals surface area contributed by atoms with Crippen LogP contribution in [0.1, 0.15) is 23.7 Å². The normalized spacial score (nSPS) is 19.7. The van der Waals surface area contributed by atoms with Crippen LogP contribution >= 0.6 is 11.6 Å².